The Morgan fingerprint density at radius 2 is 1.67 bits per heavy atom. The number of carbonyl (C=O) groups excluding carboxylic acids is 1. The Balaban J connectivity index is 0.00000144. The van der Waals surface area contributed by atoms with Gasteiger partial charge in [0.1, 0.15) is 6.10 Å². The SMILES string of the molecule is CCN1CC2CN(C)CC(C1)C2OC(=O)c1ccc(Cl)cc1.Cl.Cl. The summed E-state index contributed by atoms with van der Waals surface area (Å²) in [6.07, 6.45) is 0.0298. The molecule has 7 heteroatoms. The summed E-state index contributed by atoms with van der Waals surface area (Å²) in [5.41, 5.74) is 0.578. The highest BCUT2D eigenvalue weighted by Crippen LogP contribution is 2.31. The number of piperidine rings is 2. The number of ether oxygens (including phenoxy) is 1. The van der Waals surface area contributed by atoms with Gasteiger partial charge in [-0.15, -0.1) is 24.8 Å². The van der Waals surface area contributed by atoms with Crippen LogP contribution in [0.1, 0.15) is 17.3 Å². The predicted molar refractivity (Wildman–Crippen MR) is 102 cm³/mol. The Kier molecular flexibility index (Phi) is 8.30. The summed E-state index contributed by atoms with van der Waals surface area (Å²) in [5, 5.41) is 0.631. The lowest BCUT2D eigenvalue weighted by Gasteiger charge is -2.49. The summed E-state index contributed by atoms with van der Waals surface area (Å²) in [4.78, 5) is 17.2. The zero-order chi connectivity index (χ0) is 15.7. The molecule has 2 saturated heterocycles. The van der Waals surface area contributed by atoms with Crippen LogP contribution in [0.15, 0.2) is 24.3 Å². The molecule has 4 nitrogen and oxygen atoms in total. The number of rotatable bonds is 3. The van der Waals surface area contributed by atoms with E-state index in [2.05, 4.69) is 23.8 Å². The zero-order valence-electron chi connectivity index (χ0n) is 14.0. The van der Waals surface area contributed by atoms with Crippen molar-refractivity contribution in [1.29, 1.82) is 0 Å². The summed E-state index contributed by atoms with van der Waals surface area (Å²) in [5.74, 6) is 0.563. The van der Waals surface area contributed by atoms with Crippen molar-refractivity contribution in [2.45, 2.75) is 13.0 Å². The number of esters is 1. The summed E-state index contributed by atoms with van der Waals surface area (Å²) >= 11 is 5.87. The van der Waals surface area contributed by atoms with Crippen LogP contribution < -0.4 is 0 Å². The summed E-state index contributed by atoms with van der Waals surface area (Å²) in [7, 11) is 2.15. The first-order chi connectivity index (χ1) is 10.6. The van der Waals surface area contributed by atoms with Gasteiger partial charge in [-0.25, -0.2) is 4.79 Å². The lowest BCUT2D eigenvalue weighted by molar-refractivity contribution is -0.0831. The van der Waals surface area contributed by atoms with E-state index in [9.17, 15) is 4.79 Å². The number of benzene rings is 1. The fourth-order valence-corrected chi connectivity index (χ4v) is 3.88. The molecular formula is C17H25Cl3N2O2. The highest BCUT2D eigenvalue weighted by molar-refractivity contribution is 6.30. The van der Waals surface area contributed by atoms with E-state index in [0.717, 1.165) is 32.7 Å². The smallest absolute Gasteiger partial charge is 0.338 e. The van der Waals surface area contributed by atoms with E-state index >= 15 is 0 Å². The number of halogens is 3. The molecule has 3 rings (SSSR count). The Morgan fingerprint density at radius 1 is 1.12 bits per heavy atom. The van der Waals surface area contributed by atoms with Crippen LogP contribution in [0.2, 0.25) is 5.02 Å². The summed E-state index contributed by atoms with van der Waals surface area (Å²) in [6.45, 7) is 7.26. The Bertz CT molecular complexity index is 525. The van der Waals surface area contributed by atoms with E-state index < -0.39 is 0 Å². The maximum atomic E-state index is 12.4. The third kappa shape index (κ3) is 4.77. The second-order valence-corrected chi connectivity index (χ2v) is 6.91. The van der Waals surface area contributed by atoms with Gasteiger partial charge in [0.25, 0.3) is 0 Å². The molecule has 2 atom stereocenters. The molecule has 0 amide bonds. The Labute approximate surface area is 161 Å². The molecule has 0 N–H and O–H groups in total. The van der Waals surface area contributed by atoms with Crippen LogP contribution in [0.5, 0.6) is 0 Å². The van der Waals surface area contributed by atoms with Gasteiger partial charge < -0.3 is 14.5 Å². The zero-order valence-corrected chi connectivity index (χ0v) is 16.4. The second kappa shape index (κ2) is 9.25. The van der Waals surface area contributed by atoms with Crippen molar-refractivity contribution in [3.05, 3.63) is 34.9 Å². The van der Waals surface area contributed by atoms with E-state index in [0.29, 0.717) is 22.4 Å². The molecular weight excluding hydrogens is 371 g/mol. The quantitative estimate of drug-likeness (QED) is 0.736. The summed E-state index contributed by atoms with van der Waals surface area (Å²) in [6, 6.07) is 6.92. The van der Waals surface area contributed by atoms with Crippen molar-refractivity contribution in [3.8, 4) is 0 Å². The largest absolute Gasteiger partial charge is 0.458 e. The number of fused-ring (bicyclic) bond motifs is 2. The molecule has 0 aromatic heterocycles. The number of hydrogen-bond acceptors (Lipinski definition) is 4. The fourth-order valence-electron chi connectivity index (χ4n) is 3.76. The molecule has 0 saturated carbocycles. The topological polar surface area (TPSA) is 32.8 Å². The van der Waals surface area contributed by atoms with E-state index in [1.54, 1.807) is 24.3 Å². The molecule has 0 spiro atoms. The highest BCUT2D eigenvalue weighted by atomic mass is 35.5. The molecule has 1 aromatic carbocycles. The van der Waals surface area contributed by atoms with Crippen LogP contribution in [0, 0.1) is 11.8 Å². The first-order valence-electron chi connectivity index (χ1n) is 7.94. The average molecular weight is 396 g/mol. The first-order valence-corrected chi connectivity index (χ1v) is 8.32. The van der Waals surface area contributed by atoms with Gasteiger partial charge in [-0.1, -0.05) is 18.5 Å². The molecule has 2 fully saturated rings. The van der Waals surface area contributed by atoms with Gasteiger partial charge in [0.15, 0.2) is 0 Å². The van der Waals surface area contributed by atoms with Crippen molar-refractivity contribution in [2.24, 2.45) is 11.8 Å². The number of hydrogen-bond donors (Lipinski definition) is 0. The Hall–Kier alpha value is -0.520. The standard InChI is InChI=1S/C17H23ClN2O2.2ClH/c1-3-20-10-13-8-19(2)9-14(11-20)16(13)22-17(21)12-4-6-15(18)7-5-12;;/h4-7,13-14,16H,3,8-11H2,1-2H3;2*1H. The molecule has 2 heterocycles. The van der Waals surface area contributed by atoms with E-state index in [1.165, 1.54) is 0 Å². The van der Waals surface area contributed by atoms with Crippen LogP contribution in [0.3, 0.4) is 0 Å². The third-order valence-corrected chi connectivity index (χ3v) is 5.03. The molecule has 0 radical (unpaired) electrons. The summed E-state index contributed by atoms with van der Waals surface area (Å²) < 4.78 is 5.89. The molecule has 24 heavy (non-hydrogen) atoms. The van der Waals surface area contributed by atoms with Crippen molar-refractivity contribution in [3.63, 3.8) is 0 Å². The number of likely N-dealkylation sites (tertiary alicyclic amines) is 2. The predicted octanol–water partition coefficient (Wildman–Crippen LogP) is 3.22. The third-order valence-electron chi connectivity index (χ3n) is 4.78. The van der Waals surface area contributed by atoms with E-state index in [4.69, 9.17) is 16.3 Å². The molecule has 2 unspecified atom stereocenters. The average Bonchev–Trinajstić information content (AvgIpc) is 2.48. The normalized spacial score (nSPS) is 26.9. The van der Waals surface area contributed by atoms with Crippen molar-refractivity contribution < 1.29 is 9.53 Å². The molecule has 0 aliphatic carbocycles. The van der Waals surface area contributed by atoms with Gasteiger partial charge in [-0.3, -0.25) is 0 Å². The van der Waals surface area contributed by atoms with Crippen molar-refractivity contribution in [2.75, 3.05) is 39.8 Å². The van der Waals surface area contributed by atoms with Crippen LogP contribution in [0.25, 0.3) is 0 Å². The first kappa shape index (κ1) is 21.5. The molecule has 1 aromatic rings. The molecule has 2 bridgehead atoms. The van der Waals surface area contributed by atoms with Gasteiger partial charge >= 0.3 is 5.97 Å². The molecule has 2 aliphatic heterocycles. The maximum Gasteiger partial charge on any atom is 0.338 e. The number of carbonyl (C=O) groups is 1. The fraction of sp³-hybridized carbons (Fsp3) is 0.588. The lowest BCUT2D eigenvalue weighted by atomic mass is 9.81. The van der Waals surface area contributed by atoms with Crippen LogP contribution in [-0.4, -0.2) is 61.6 Å². The van der Waals surface area contributed by atoms with Crippen LogP contribution in [0.4, 0.5) is 0 Å². The van der Waals surface area contributed by atoms with Gasteiger partial charge in [0.05, 0.1) is 5.56 Å². The monoisotopic (exact) mass is 394 g/mol. The van der Waals surface area contributed by atoms with E-state index in [-0.39, 0.29) is 36.9 Å². The highest BCUT2D eigenvalue weighted by Gasteiger charge is 2.43. The number of nitrogens with zero attached hydrogens (tertiary/aromatic N) is 2. The molecule has 136 valence electrons. The van der Waals surface area contributed by atoms with Gasteiger partial charge in [-0.05, 0) is 37.9 Å². The van der Waals surface area contributed by atoms with Gasteiger partial charge in [-0.2, -0.15) is 0 Å². The van der Waals surface area contributed by atoms with Crippen LogP contribution in [-0.2, 0) is 4.74 Å². The van der Waals surface area contributed by atoms with Gasteiger partial charge in [0.2, 0.25) is 0 Å². The maximum absolute atomic E-state index is 12.4. The minimum atomic E-state index is -0.230. The second-order valence-electron chi connectivity index (χ2n) is 6.47. The van der Waals surface area contributed by atoms with E-state index in [1.807, 2.05) is 0 Å². The van der Waals surface area contributed by atoms with Crippen molar-refractivity contribution >= 4 is 42.4 Å². The minimum Gasteiger partial charge on any atom is -0.458 e. The Morgan fingerprint density at radius 3 is 2.17 bits per heavy atom. The minimum absolute atomic E-state index is 0. The molecule has 2 aliphatic rings. The van der Waals surface area contributed by atoms with Crippen molar-refractivity contribution in [1.82, 2.24) is 9.80 Å². The van der Waals surface area contributed by atoms with Crippen LogP contribution >= 0.6 is 36.4 Å². The lowest BCUT2D eigenvalue weighted by Crippen LogP contribution is -2.60. The van der Waals surface area contributed by atoms with Gasteiger partial charge in [0, 0.05) is 43.0 Å².